The molecule has 7 heteroatoms. The fraction of sp³-hybridized carbons (Fsp3) is 0.700. The summed E-state index contributed by atoms with van der Waals surface area (Å²) in [5, 5.41) is 0. The highest BCUT2D eigenvalue weighted by atomic mass is 33.1. The lowest BCUT2D eigenvalue weighted by Gasteiger charge is -2.23. The molecular weight excluding hydrogens is 640 g/mol. The molecule has 0 aliphatic carbocycles. The predicted molar refractivity (Wildman–Crippen MR) is 209 cm³/mol. The van der Waals surface area contributed by atoms with Crippen molar-refractivity contribution in [3.05, 3.63) is 59.7 Å². The Hall–Kier alpha value is -1.07. The van der Waals surface area contributed by atoms with Crippen LogP contribution in [0.4, 0.5) is 0 Å². The van der Waals surface area contributed by atoms with Crippen molar-refractivity contribution in [2.45, 2.75) is 181 Å². The highest BCUT2D eigenvalue weighted by Crippen LogP contribution is 2.66. The summed E-state index contributed by atoms with van der Waals surface area (Å²) >= 11 is 5.54. The number of rotatable bonds is 30. The van der Waals surface area contributed by atoms with E-state index in [1.165, 1.54) is 127 Å². The lowest BCUT2D eigenvalue weighted by molar-refractivity contribution is 0.0302. The van der Waals surface area contributed by atoms with Crippen LogP contribution in [0.2, 0.25) is 0 Å². The molecule has 0 spiro atoms. The second-order valence-corrected chi connectivity index (χ2v) is 19.6. The average molecular weight is 707 g/mol. The van der Waals surface area contributed by atoms with Crippen LogP contribution < -0.4 is 9.47 Å². The Balaban J connectivity index is 1.71. The van der Waals surface area contributed by atoms with Gasteiger partial charge in [-0.2, -0.15) is 0 Å². The molecule has 2 aromatic carbocycles. The first-order valence-corrected chi connectivity index (χ1v) is 23.3. The summed E-state index contributed by atoms with van der Waals surface area (Å²) in [6, 6.07) is 16.3. The third-order valence-corrected chi connectivity index (χ3v) is 13.0. The summed E-state index contributed by atoms with van der Waals surface area (Å²) in [6.45, 7) is 8.23. The van der Waals surface area contributed by atoms with Crippen molar-refractivity contribution in [3.63, 3.8) is 0 Å². The van der Waals surface area contributed by atoms with Crippen molar-refractivity contribution in [2.75, 3.05) is 0 Å². The van der Waals surface area contributed by atoms with E-state index >= 15 is 0 Å². The standard InChI is InChI=1S/C40H67O4PS2/c1-5-7-9-11-13-15-17-19-21-23-29-37-31-25-27-33-39(37)42-35(3)44-45(41,46)47-36(4)43-40-34-28-26-32-38(40)30-24-22-20-18-16-14-12-10-8-6-2/h25-28,31-36H,5-24,29-30H2,1-4H3,(H,41,46). The van der Waals surface area contributed by atoms with Crippen molar-refractivity contribution in [1.82, 2.24) is 0 Å². The summed E-state index contributed by atoms with van der Waals surface area (Å²) in [5.74, 6) is -1.70. The minimum absolute atomic E-state index is 0.386. The fourth-order valence-electron chi connectivity index (χ4n) is 6.06. The van der Waals surface area contributed by atoms with Gasteiger partial charge in [-0.15, -0.1) is 0 Å². The molecule has 3 unspecified atom stereocenters. The molecule has 3 atom stereocenters. The first-order valence-electron chi connectivity index (χ1n) is 19.0. The number of thiol groups is 1. The van der Waals surface area contributed by atoms with Crippen LogP contribution >= 0.6 is 29.4 Å². The third kappa shape index (κ3) is 20.9. The lowest BCUT2D eigenvalue weighted by Crippen LogP contribution is -2.15. The highest BCUT2D eigenvalue weighted by molar-refractivity contribution is 8.84. The molecule has 0 N–H and O–H groups in total. The number of ether oxygens (including phenoxy) is 2. The zero-order chi connectivity index (χ0) is 34.0. The number of unbranched alkanes of at least 4 members (excludes halogenated alkanes) is 18. The van der Waals surface area contributed by atoms with E-state index in [-0.39, 0.29) is 5.44 Å². The molecule has 2 rings (SSSR count). The van der Waals surface area contributed by atoms with Crippen molar-refractivity contribution in [1.29, 1.82) is 0 Å². The maximum Gasteiger partial charge on any atom is 0.316 e. The Kier molecular flexibility index (Phi) is 24.0. The van der Waals surface area contributed by atoms with E-state index in [4.69, 9.17) is 14.0 Å². The van der Waals surface area contributed by atoms with E-state index in [0.717, 1.165) is 48.6 Å². The van der Waals surface area contributed by atoms with Crippen molar-refractivity contribution in [2.24, 2.45) is 0 Å². The molecule has 0 fully saturated rings. The SMILES string of the molecule is CCCCCCCCCCCCc1ccccc1OC(C)OP(=O)(S)SC(C)Oc1ccccc1CCCCCCCCCCCC. The molecule has 0 heterocycles. The van der Waals surface area contributed by atoms with Gasteiger partial charge in [-0.1, -0.05) is 178 Å². The Labute approximate surface area is 298 Å². The topological polar surface area (TPSA) is 44.8 Å². The third-order valence-electron chi connectivity index (χ3n) is 8.69. The van der Waals surface area contributed by atoms with E-state index in [2.05, 4.69) is 50.4 Å². The van der Waals surface area contributed by atoms with Gasteiger partial charge in [0, 0.05) is 0 Å². The zero-order valence-corrected chi connectivity index (χ0v) is 32.9. The molecule has 0 aromatic heterocycles. The van der Waals surface area contributed by atoms with Gasteiger partial charge < -0.3 is 9.47 Å². The van der Waals surface area contributed by atoms with Crippen LogP contribution in [-0.4, -0.2) is 11.7 Å². The minimum Gasteiger partial charge on any atom is -0.479 e. The van der Waals surface area contributed by atoms with Crippen LogP contribution in [0.15, 0.2) is 48.5 Å². The first kappa shape index (κ1) is 42.1. The Morgan fingerprint density at radius 1 is 0.574 bits per heavy atom. The Morgan fingerprint density at radius 3 is 1.36 bits per heavy atom. The average Bonchev–Trinajstić information content (AvgIpc) is 3.03. The van der Waals surface area contributed by atoms with Gasteiger partial charge in [0.2, 0.25) is 6.29 Å². The first-order chi connectivity index (χ1) is 22.8. The van der Waals surface area contributed by atoms with Gasteiger partial charge in [-0.3, -0.25) is 9.09 Å². The second-order valence-electron chi connectivity index (χ2n) is 13.1. The van der Waals surface area contributed by atoms with Crippen molar-refractivity contribution >= 4 is 29.4 Å². The molecule has 0 saturated carbocycles. The molecule has 268 valence electrons. The van der Waals surface area contributed by atoms with E-state index in [1.807, 2.05) is 31.2 Å². The van der Waals surface area contributed by atoms with E-state index in [9.17, 15) is 4.57 Å². The molecule has 0 aliphatic heterocycles. The number of benzene rings is 2. The van der Waals surface area contributed by atoms with Crippen LogP contribution in [0, 0.1) is 0 Å². The molecular formula is C40H67O4PS2. The quantitative estimate of drug-likeness (QED) is 0.0379. The van der Waals surface area contributed by atoms with Crippen LogP contribution in [0.1, 0.15) is 167 Å². The molecule has 0 saturated heterocycles. The van der Waals surface area contributed by atoms with Gasteiger partial charge in [0.25, 0.3) is 0 Å². The van der Waals surface area contributed by atoms with Crippen molar-refractivity contribution < 1.29 is 18.6 Å². The van der Waals surface area contributed by atoms with Crippen LogP contribution in [-0.2, 0) is 21.9 Å². The summed E-state index contributed by atoms with van der Waals surface area (Å²) in [7, 11) is 0. The monoisotopic (exact) mass is 706 g/mol. The molecule has 47 heavy (non-hydrogen) atoms. The number of aryl methyl sites for hydroxylation is 2. The molecule has 0 amide bonds. The maximum atomic E-state index is 13.4. The summed E-state index contributed by atoms with van der Waals surface area (Å²) < 4.78 is 31.6. The molecule has 0 bridgehead atoms. The van der Waals surface area contributed by atoms with Gasteiger partial charge in [0.15, 0.2) is 5.44 Å². The van der Waals surface area contributed by atoms with Crippen LogP contribution in [0.3, 0.4) is 0 Å². The normalized spacial score (nSPS) is 14.1. The van der Waals surface area contributed by atoms with E-state index in [1.54, 1.807) is 6.92 Å². The highest BCUT2D eigenvalue weighted by Gasteiger charge is 2.27. The van der Waals surface area contributed by atoms with Gasteiger partial charge in [0.1, 0.15) is 11.5 Å². The number of hydrogen-bond donors (Lipinski definition) is 1. The summed E-state index contributed by atoms with van der Waals surface area (Å²) in [4.78, 5) is 0. The Bertz CT molecular complexity index is 1020. The molecule has 4 nitrogen and oxygen atoms in total. The smallest absolute Gasteiger partial charge is 0.316 e. The number of para-hydroxylation sites is 2. The lowest BCUT2D eigenvalue weighted by atomic mass is 10.0. The van der Waals surface area contributed by atoms with Crippen molar-refractivity contribution in [3.8, 4) is 11.5 Å². The number of hydrogen-bond acceptors (Lipinski definition) is 5. The summed E-state index contributed by atoms with van der Waals surface area (Å²) in [6.07, 6.45) is 27.7. The van der Waals surface area contributed by atoms with Crippen LogP contribution in [0.25, 0.3) is 0 Å². The molecule has 2 aromatic rings. The van der Waals surface area contributed by atoms with E-state index in [0.29, 0.717) is 0 Å². The minimum atomic E-state index is -3.34. The van der Waals surface area contributed by atoms with Gasteiger partial charge >= 0.3 is 5.77 Å². The largest absolute Gasteiger partial charge is 0.479 e. The Morgan fingerprint density at radius 2 is 0.936 bits per heavy atom. The zero-order valence-electron chi connectivity index (χ0n) is 30.3. The van der Waals surface area contributed by atoms with Gasteiger partial charge in [-0.05, 0) is 74.2 Å². The maximum absolute atomic E-state index is 13.4. The summed E-state index contributed by atoms with van der Waals surface area (Å²) in [5.41, 5.74) is 1.98. The van der Waals surface area contributed by atoms with Crippen LogP contribution in [0.5, 0.6) is 11.5 Å². The fourth-order valence-corrected chi connectivity index (χ4v) is 10.4. The predicted octanol–water partition coefficient (Wildman–Crippen LogP) is 14.6. The van der Waals surface area contributed by atoms with Gasteiger partial charge in [-0.25, -0.2) is 0 Å². The molecule has 0 aliphatic rings. The van der Waals surface area contributed by atoms with Gasteiger partial charge in [0.05, 0.1) is 0 Å². The molecule has 0 radical (unpaired) electrons. The van der Waals surface area contributed by atoms with E-state index < -0.39 is 12.1 Å². The second kappa shape index (κ2) is 26.8.